The van der Waals surface area contributed by atoms with Crippen LogP contribution in [0, 0.1) is 11.9 Å². The second-order valence-electron chi connectivity index (χ2n) is 12.3. The summed E-state index contributed by atoms with van der Waals surface area (Å²) in [6.07, 6.45) is 4.76. The Hall–Kier alpha value is -3.66. The van der Waals surface area contributed by atoms with Crippen molar-refractivity contribution in [3.63, 3.8) is 0 Å². The minimum Gasteiger partial charge on any atom is -0.387 e. The van der Waals surface area contributed by atoms with Crippen molar-refractivity contribution < 1.29 is 13.9 Å². The molecule has 1 amide bonds. The first kappa shape index (κ1) is 30.4. The molecule has 1 saturated heterocycles. The van der Waals surface area contributed by atoms with Gasteiger partial charge in [-0.05, 0) is 66.5 Å². The van der Waals surface area contributed by atoms with Gasteiger partial charge in [-0.25, -0.2) is 4.98 Å². The van der Waals surface area contributed by atoms with Crippen LogP contribution in [0.25, 0.3) is 11.1 Å². The number of rotatable bonds is 9. The van der Waals surface area contributed by atoms with Gasteiger partial charge in [0.15, 0.2) is 0 Å². The minimum absolute atomic E-state index is 0.0245. The monoisotopic (exact) mass is 598 g/mol. The van der Waals surface area contributed by atoms with E-state index in [4.69, 9.17) is 10.5 Å². The molecule has 0 bridgehead atoms. The Labute approximate surface area is 259 Å². The number of hydrogen-bond acceptors (Lipinski definition) is 7. The topological polar surface area (TPSA) is 105 Å². The van der Waals surface area contributed by atoms with Gasteiger partial charge in [0.05, 0.1) is 24.7 Å². The van der Waals surface area contributed by atoms with Crippen LogP contribution < -0.4 is 16.4 Å². The lowest BCUT2D eigenvalue weighted by Gasteiger charge is -2.33. The predicted molar refractivity (Wildman–Crippen MR) is 171 cm³/mol. The Balaban J connectivity index is 1.01. The number of aromatic nitrogens is 1. The van der Waals surface area contributed by atoms with Crippen molar-refractivity contribution in [2.24, 2.45) is 16.6 Å². The maximum atomic E-state index is 13.3. The van der Waals surface area contributed by atoms with Gasteiger partial charge in [0.25, 0.3) is 0 Å². The number of piperazine rings is 1. The number of ether oxygens (including phenoxy) is 1. The molecule has 3 aliphatic rings. The molecule has 1 aliphatic carbocycles. The lowest BCUT2D eigenvalue weighted by molar-refractivity contribution is -0.125. The molecular formula is C35H43FN6O2. The summed E-state index contributed by atoms with van der Waals surface area (Å²) in [6.45, 7) is 7.53. The van der Waals surface area contributed by atoms with Crippen LogP contribution in [-0.4, -0.2) is 66.5 Å². The van der Waals surface area contributed by atoms with Crippen molar-refractivity contribution >= 4 is 11.7 Å². The highest BCUT2D eigenvalue weighted by Crippen LogP contribution is 2.30. The van der Waals surface area contributed by atoms with Gasteiger partial charge in [0.2, 0.25) is 11.9 Å². The van der Waals surface area contributed by atoms with Gasteiger partial charge >= 0.3 is 0 Å². The largest absolute Gasteiger partial charge is 0.387 e. The lowest BCUT2D eigenvalue weighted by atomic mass is 9.86. The first-order chi connectivity index (χ1) is 21.4. The van der Waals surface area contributed by atoms with Crippen LogP contribution in [0.1, 0.15) is 61.3 Å². The summed E-state index contributed by atoms with van der Waals surface area (Å²) in [7, 11) is 0. The summed E-state index contributed by atoms with van der Waals surface area (Å²) in [6, 6.07) is 20.9. The summed E-state index contributed by atoms with van der Waals surface area (Å²) in [5.74, 6) is -0.834. The number of pyridine rings is 1. The highest BCUT2D eigenvalue weighted by Gasteiger charge is 2.35. The molecule has 9 heteroatoms. The van der Waals surface area contributed by atoms with E-state index in [0.29, 0.717) is 31.4 Å². The SMILES string of the molecule is C[C@@H](c1ccc(-c2ccc(COC3CCC[C@@H]3NC(=O)C3CC(c4ccc(F)nc4)CN=C3N)cc2)cc1)N1CCNCC1. The Morgan fingerprint density at radius 3 is 2.50 bits per heavy atom. The normalized spacial score (nSPS) is 24.9. The van der Waals surface area contributed by atoms with Gasteiger partial charge in [-0.15, -0.1) is 0 Å². The molecule has 232 valence electrons. The fraction of sp³-hybridized carbons (Fsp3) is 0.457. The van der Waals surface area contributed by atoms with Crippen LogP contribution in [0.4, 0.5) is 4.39 Å². The lowest BCUT2D eigenvalue weighted by Crippen LogP contribution is -2.48. The van der Waals surface area contributed by atoms with Crippen LogP contribution in [0.15, 0.2) is 71.9 Å². The number of nitrogens with one attached hydrogen (secondary N) is 2. The molecule has 0 radical (unpaired) electrons. The van der Waals surface area contributed by atoms with Crippen molar-refractivity contribution in [3.05, 3.63) is 89.5 Å². The first-order valence-electron chi connectivity index (χ1n) is 15.9. The standard InChI is InChI=1S/C35H43FN6O2/c1-23(42-17-15-38-16-18-42)25-9-11-27(12-10-25)26-7-5-24(6-8-26)22-44-32-4-2-3-31(32)41-35(43)30-19-29(21-40-34(30)37)28-13-14-33(36)39-20-28/h5-14,20,23,29-32,38H,2-4,15-19,21-22H2,1H3,(H2,37,40)(H,41,43)/t23-,29?,30?,31-,32?/m0/s1. The van der Waals surface area contributed by atoms with E-state index in [2.05, 4.69) is 81.0 Å². The van der Waals surface area contributed by atoms with Crippen molar-refractivity contribution in [2.75, 3.05) is 32.7 Å². The van der Waals surface area contributed by atoms with Gasteiger partial charge in [-0.2, -0.15) is 4.39 Å². The molecular weight excluding hydrogens is 555 g/mol. The molecule has 0 spiro atoms. The van der Waals surface area contributed by atoms with Crippen molar-refractivity contribution in [2.45, 2.75) is 63.3 Å². The average molecular weight is 599 g/mol. The molecule has 3 aromatic rings. The van der Waals surface area contributed by atoms with Crippen LogP contribution in [0.2, 0.25) is 0 Å². The van der Waals surface area contributed by atoms with Crippen LogP contribution in [0.5, 0.6) is 0 Å². The number of carbonyl (C=O) groups excluding carboxylic acids is 1. The third-order valence-electron chi connectivity index (χ3n) is 9.53. The van der Waals surface area contributed by atoms with Gasteiger partial charge in [0, 0.05) is 50.9 Å². The summed E-state index contributed by atoms with van der Waals surface area (Å²) in [4.78, 5) is 24.0. The molecule has 44 heavy (non-hydrogen) atoms. The van der Waals surface area contributed by atoms with E-state index < -0.39 is 11.9 Å². The molecule has 1 aromatic heterocycles. The summed E-state index contributed by atoms with van der Waals surface area (Å²) in [5, 5.41) is 6.63. The number of amides is 1. The molecule has 1 saturated carbocycles. The molecule has 2 fully saturated rings. The molecule has 2 aromatic carbocycles. The summed E-state index contributed by atoms with van der Waals surface area (Å²) >= 11 is 0. The molecule has 3 heterocycles. The first-order valence-corrected chi connectivity index (χ1v) is 15.9. The third kappa shape index (κ3) is 7.17. The number of benzene rings is 2. The van der Waals surface area contributed by atoms with E-state index in [1.807, 2.05) is 0 Å². The van der Waals surface area contributed by atoms with Crippen LogP contribution in [0.3, 0.4) is 0 Å². The third-order valence-corrected chi connectivity index (χ3v) is 9.53. The summed E-state index contributed by atoms with van der Waals surface area (Å²) < 4.78 is 19.6. The van der Waals surface area contributed by atoms with E-state index in [1.165, 1.54) is 29.0 Å². The van der Waals surface area contributed by atoms with E-state index in [1.54, 1.807) is 6.07 Å². The van der Waals surface area contributed by atoms with Crippen LogP contribution >= 0.6 is 0 Å². The van der Waals surface area contributed by atoms with Gasteiger partial charge in [0.1, 0.15) is 5.84 Å². The number of aliphatic imine (C=N–C) groups is 1. The zero-order valence-electron chi connectivity index (χ0n) is 25.4. The van der Waals surface area contributed by atoms with Crippen molar-refractivity contribution in [1.82, 2.24) is 20.5 Å². The average Bonchev–Trinajstić information content (AvgIpc) is 3.51. The molecule has 4 N–H and O–H groups in total. The van der Waals surface area contributed by atoms with Gasteiger partial charge in [-0.1, -0.05) is 54.6 Å². The van der Waals surface area contributed by atoms with Gasteiger partial charge < -0.3 is 21.1 Å². The number of hydrogen-bond donors (Lipinski definition) is 3. The van der Waals surface area contributed by atoms with E-state index in [9.17, 15) is 9.18 Å². The number of nitrogens with zero attached hydrogens (tertiary/aromatic N) is 3. The maximum absolute atomic E-state index is 13.3. The molecule has 5 atom stereocenters. The second kappa shape index (κ2) is 14.0. The second-order valence-corrected chi connectivity index (χ2v) is 12.3. The maximum Gasteiger partial charge on any atom is 0.231 e. The molecule has 8 nitrogen and oxygen atoms in total. The van der Waals surface area contributed by atoms with Crippen molar-refractivity contribution in [1.29, 1.82) is 0 Å². The fourth-order valence-corrected chi connectivity index (χ4v) is 6.72. The Bertz CT molecular complexity index is 1420. The number of halogens is 1. The highest BCUT2D eigenvalue weighted by atomic mass is 19.1. The molecule has 2 aliphatic heterocycles. The Morgan fingerprint density at radius 1 is 1.07 bits per heavy atom. The molecule has 6 rings (SSSR count). The zero-order valence-corrected chi connectivity index (χ0v) is 25.4. The number of nitrogens with two attached hydrogens (primary N) is 1. The Kier molecular flexibility index (Phi) is 9.64. The number of amidine groups is 1. The molecule has 3 unspecified atom stereocenters. The predicted octanol–water partition coefficient (Wildman–Crippen LogP) is 4.57. The Morgan fingerprint density at radius 2 is 1.80 bits per heavy atom. The van der Waals surface area contributed by atoms with E-state index in [-0.39, 0.29) is 24.0 Å². The van der Waals surface area contributed by atoms with Crippen LogP contribution in [-0.2, 0) is 16.1 Å². The van der Waals surface area contributed by atoms with Gasteiger partial charge in [-0.3, -0.25) is 14.7 Å². The fourth-order valence-electron chi connectivity index (χ4n) is 6.72. The highest BCUT2D eigenvalue weighted by molar-refractivity contribution is 6.03. The quantitative estimate of drug-likeness (QED) is 0.312. The van der Waals surface area contributed by atoms with E-state index in [0.717, 1.165) is 56.6 Å². The van der Waals surface area contributed by atoms with E-state index >= 15 is 0 Å². The van der Waals surface area contributed by atoms with Crippen molar-refractivity contribution in [3.8, 4) is 11.1 Å². The smallest absolute Gasteiger partial charge is 0.231 e. The summed E-state index contributed by atoms with van der Waals surface area (Å²) in [5.41, 5.74) is 11.9. The number of carbonyl (C=O) groups is 1. The minimum atomic E-state index is -0.522. The zero-order chi connectivity index (χ0) is 30.5.